The van der Waals surface area contributed by atoms with Gasteiger partial charge in [-0.25, -0.2) is 0 Å². The highest BCUT2D eigenvalue weighted by Gasteiger charge is 2.32. The van der Waals surface area contributed by atoms with Gasteiger partial charge >= 0.3 is 0 Å². The third-order valence-corrected chi connectivity index (χ3v) is 3.93. The highest BCUT2D eigenvalue weighted by Crippen LogP contribution is 2.23. The maximum atomic E-state index is 3.74. The van der Waals surface area contributed by atoms with Crippen molar-refractivity contribution in [2.24, 2.45) is 0 Å². The lowest BCUT2D eigenvalue weighted by atomic mass is 9.97. The summed E-state index contributed by atoms with van der Waals surface area (Å²) >= 11 is 3.50. The van der Waals surface area contributed by atoms with Crippen LogP contribution in [0, 0.1) is 0 Å². The molecule has 1 aliphatic heterocycles. The number of benzene rings is 1. The molecular weight excluding hydrogens is 302 g/mol. The number of halogens is 1. The number of hydrogen-bond acceptors (Lipinski definition) is 3. The fraction of sp³-hybridized carbons (Fsp3) is 0.600. The van der Waals surface area contributed by atoms with E-state index < -0.39 is 0 Å². The maximum Gasteiger partial charge on any atom is 0.0376 e. The Morgan fingerprint density at radius 2 is 1.95 bits per heavy atom. The van der Waals surface area contributed by atoms with Gasteiger partial charge in [0.25, 0.3) is 0 Å². The van der Waals surface area contributed by atoms with Crippen molar-refractivity contribution < 1.29 is 0 Å². The summed E-state index contributed by atoms with van der Waals surface area (Å²) in [6.07, 6.45) is 0. The average Bonchev–Trinajstić information content (AvgIpc) is 2.26. The van der Waals surface area contributed by atoms with Crippen LogP contribution in [0.2, 0.25) is 0 Å². The number of piperazine rings is 1. The van der Waals surface area contributed by atoms with Crippen LogP contribution < -0.4 is 10.2 Å². The van der Waals surface area contributed by atoms with Crippen LogP contribution >= 0.6 is 15.9 Å². The molecule has 1 fully saturated rings. The number of anilines is 1. The van der Waals surface area contributed by atoms with Gasteiger partial charge in [-0.2, -0.15) is 0 Å². The summed E-state index contributed by atoms with van der Waals surface area (Å²) in [7, 11) is 4.26. The first kappa shape index (κ1) is 14.8. The SMILES string of the molecule is CN(C)CC1CN(c2ccc(Br)cc2)CC(C)(C)N1. The van der Waals surface area contributed by atoms with Crippen molar-refractivity contribution in [1.82, 2.24) is 10.2 Å². The molecule has 1 aliphatic rings. The van der Waals surface area contributed by atoms with Gasteiger partial charge in [-0.15, -0.1) is 0 Å². The summed E-state index contributed by atoms with van der Waals surface area (Å²) in [6, 6.07) is 9.12. The van der Waals surface area contributed by atoms with Crippen molar-refractivity contribution in [1.29, 1.82) is 0 Å². The van der Waals surface area contributed by atoms with E-state index in [1.54, 1.807) is 0 Å². The van der Waals surface area contributed by atoms with Crippen molar-refractivity contribution in [3.8, 4) is 0 Å². The highest BCUT2D eigenvalue weighted by molar-refractivity contribution is 9.10. The monoisotopic (exact) mass is 325 g/mol. The van der Waals surface area contributed by atoms with Crippen LogP contribution in [0.15, 0.2) is 28.7 Å². The van der Waals surface area contributed by atoms with E-state index >= 15 is 0 Å². The van der Waals surface area contributed by atoms with Crippen LogP contribution in [-0.4, -0.2) is 50.2 Å². The molecule has 0 bridgehead atoms. The maximum absolute atomic E-state index is 3.74. The molecule has 3 nitrogen and oxygen atoms in total. The molecule has 0 spiro atoms. The normalized spacial score (nSPS) is 22.8. The topological polar surface area (TPSA) is 18.5 Å². The van der Waals surface area contributed by atoms with Gasteiger partial charge in [0.2, 0.25) is 0 Å². The van der Waals surface area contributed by atoms with Crippen LogP contribution in [-0.2, 0) is 0 Å². The Bertz CT molecular complexity index is 414. The summed E-state index contributed by atoms with van der Waals surface area (Å²) in [5.74, 6) is 0. The molecule has 106 valence electrons. The van der Waals surface area contributed by atoms with E-state index in [4.69, 9.17) is 0 Å². The zero-order valence-electron chi connectivity index (χ0n) is 12.3. The van der Waals surface area contributed by atoms with E-state index in [0.717, 1.165) is 24.1 Å². The van der Waals surface area contributed by atoms with Crippen LogP contribution in [0.3, 0.4) is 0 Å². The molecule has 0 aromatic heterocycles. The predicted molar refractivity (Wildman–Crippen MR) is 85.9 cm³/mol. The van der Waals surface area contributed by atoms with E-state index in [0.29, 0.717) is 6.04 Å². The Hall–Kier alpha value is -0.580. The summed E-state index contributed by atoms with van der Waals surface area (Å²) in [6.45, 7) is 7.72. The molecule has 0 saturated carbocycles. The largest absolute Gasteiger partial charge is 0.368 e. The molecule has 1 atom stereocenters. The molecule has 0 radical (unpaired) electrons. The number of rotatable bonds is 3. The molecule has 19 heavy (non-hydrogen) atoms. The van der Waals surface area contributed by atoms with Crippen LogP contribution in [0.1, 0.15) is 13.8 Å². The number of hydrogen-bond donors (Lipinski definition) is 1. The van der Waals surface area contributed by atoms with Gasteiger partial charge in [0.15, 0.2) is 0 Å². The van der Waals surface area contributed by atoms with Gasteiger partial charge in [0, 0.05) is 41.4 Å². The third kappa shape index (κ3) is 4.20. The molecule has 0 amide bonds. The van der Waals surface area contributed by atoms with Crippen molar-refractivity contribution in [3.05, 3.63) is 28.7 Å². The van der Waals surface area contributed by atoms with Gasteiger partial charge in [-0.3, -0.25) is 0 Å². The van der Waals surface area contributed by atoms with E-state index in [1.807, 2.05) is 0 Å². The molecular formula is C15H24BrN3. The first-order valence-corrected chi connectivity index (χ1v) is 7.58. The second-order valence-electron chi connectivity index (χ2n) is 6.34. The minimum atomic E-state index is 0.145. The number of likely N-dealkylation sites (N-methyl/N-ethyl adjacent to an activating group) is 1. The Balaban J connectivity index is 2.13. The summed E-state index contributed by atoms with van der Waals surface area (Å²) in [5.41, 5.74) is 1.45. The molecule has 1 saturated heterocycles. The molecule has 2 rings (SSSR count). The quantitative estimate of drug-likeness (QED) is 0.921. The van der Waals surface area contributed by atoms with Gasteiger partial charge in [0.05, 0.1) is 0 Å². The molecule has 1 aromatic rings. The zero-order valence-corrected chi connectivity index (χ0v) is 13.9. The van der Waals surface area contributed by atoms with Crippen molar-refractivity contribution in [2.45, 2.75) is 25.4 Å². The minimum Gasteiger partial charge on any atom is -0.368 e. The third-order valence-electron chi connectivity index (χ3n) is 3.40. The number of nitrogens with zero attached hydrogens (tertiary/aromatic N) is 2. The van der Waals surface area contributed by atoms with Gasteiger partial charge in [-0.05, 0) is 52.2 Å². The Kier molecular flexibility index (Phi) is 4.54. The smallest absolute Gasteiger partial charge is 0.0376 e. The standard InChI is InChI=1S/C15H24BrN3/c1-15(2)11-19(10-13(17-15)9-18(3)4)14-7-5-12(16)6-8-14/h5-8,13,17H,9-11H2,1-4H3. The van der Waals surface area contributed by atoms with Crippen LogP contribution in [0.5, 0.6) is 0 Å². The fourth-order valence-electron chi connectivity index (χ4n) is 2.84. The Morgan fingerprint density at radius 3 is 2.53 bits per heavy atom. The van der Waals surface area contributed by atoms with E-state index in [-0.39, 0.29) is 5.54 Å². The second kappa shape index (κ2) is 5.81. The highest BCUT2D eigenvalue weighted by atomic mass is 79.9. The van der Waals surface area contributed by atoms with Crippen LogP contribution in [0.4, 0.5) is 5.69 Å². The van der Waals surface area contributed by atoms with Crippen LogP contribution in [0.25, 0.3) is 0 Å². The molecule has 1 aromatic carbocycles. The average molecular weight is 326 g/mol. The lowest BCUT2D eigenvalue weighted by Gasteiger charge is -2.45. The van der Waals surface area contributed by atoms with Gasteiger partial charge in [0.1, 0.15) is 0 Å². The van der Waals surface area contributed by atoms with E-state index in [1.165, 1.54) is 5.69 Å². The molecule has 4 heteroatoms. The molecule has 1 unspecified atom stereocenters. The molecule has 0 aliphatic carbocycles. The summed E-state index contributed by atoms with van der Waals surface area (Å²) < 4.78 is 1.13. The fourth-order valence-corrected chi connectivity index (χ4v) is 3.11. The van der Waals surface area contributed by atoms with Gasteiger partial charge < -0.3 is 15.1 Å². The van der Waals surface area contributed by atoms with Crippen molar-refractivity contribution >= 4 is 21.6 Å². The van der Waals surface area contributed by atoms with Crippen molar-refractivity contribution in [3.63, 3.8) is 0 Å². The van der Waals surface area contributed by atoms with Crippen molar-refractivity contribution in [2.75, 3.05) is 38.6 Å². The number of nitrogens with one attached hydrogen (secondary N) is 1. The van der Waals surface area contributed by atoms with E-state index in [9.17, 15) is 0 Å². The summed E-state index contributed by atoms with van der Waals surface area (Å²) in [5, 5.41) is 3.74. The first-order chi connectivity index (χ1) is 8.85. The van der Waals surface area contributed by atoms with E-state index in [2.05, 4.69) is 83.3 Å². The predicted octanol–water partition coefficient (Wildman–Crippen LogP) is 2.57. The zero-order chi connectivity index (χ0) is 14.0. The minimum absolute atomic E-state index is 0.145. The lowest BCUT2D eigenvalue weighted by Crippen LogP contribution is -2.64. The summed E-state index contributed by atoms with van der Waals surface area (Å²) in [4.78, 5) is 4.73. The lowest BCUT2D eigenvalue weighted by molar-refractivity contribution is 0.244. The second-order valence-corrected chi connectivity index (χ2v) is 7.26. The molecule has 1 heterocycles. The Labute approximate surface area is 125 Å². The molecule has 1 N–H and O–H groups in total. The van der Waals surface area contributed by atoms with Gasteiger partial charge in [-0.1, -0.05) is 15.9 Å². The Morgan fingerprint density at radius 1 is 1.32 bits per heavy atom. The first-order valence-electron chi connectivity index (χ1n) is 6.79.